The Kier molecular flexibility index (Phi) is 4.53. The summed E-state index contributed by atoms with van der Waals surface area (Å²) in [5.41, 5.74) is 4.47. The van der Waals surface area contributed by atoms with Crippen molar-refractivity contribution in [1.82, 2.24) is 25.3 Å². The molecule has 1 amide bonds. The van der Waals surface area contributed by atoms with E-state index < -0.39 is 0 Å². The molecule has 134 valence electrons. The van der Waals surface area contributed by atoms with Crippen LogP contribution in [-0.4, -0.2) is 25.9 Å². The van der Waals surface area contributed by atoms with E-state index in [-0.39, 0.29) is 11.9 Å². The predicted octanol–water partition coefficient (Wildman–Crippen LogP) is 3.75. The zero-order valence-corrected chi connectivity index (χ0v) is 14.8. The van der Waals surface area contributed by atoms with Crippen LogP contribution in [0.15, 0.2) is 79.3 Å². The molecule has 27 heavy (non-hydrogen) atoms. The van der Waals surface area contributed by atoms with Crippen LogP contribution in [-0.2, 0) is 0 Å². The van der Waals surface area contributed by atoms with Crippen LogP contribution in [0.5, 0.6) is 0 Å². The molecule has 0 spiro atoms. The fraction of sp³-hybridized carbons (Fsp3) is 0.0952. The minimum absolute atomic E-state index is 0.117. The van der Waals surface area contributed by atoms with Crippen molar-refractivity contribution in [3.05, 3.63) is 90.4 Å². The third-order valence-electron chi connectivity index (χ3n) is 4.46. The summed E-state index contributed by atoms with van der Waals surface area (Å²) in [5.74, 6) is -0.117. The van der Waals surface area contributed by atoms with Crippen molar-refractivity contribution in [2.75, 3.05) is 0 Å². The van der Waals surface area contributed by atoms with Crippen LogP contribution in [0.25, 0.3) is 16.9 Å². The summed E-state index contributed by atoms with van der Waals surface area (Å²) < 4.78 is 1.80. The molecule has 1 atom stereocenters. The number of carbonyl (C=O) groups is 1. The number of H-pyrrole nitrogens is 1. The van der Waals surface area contributed by atoms with Crippen molar-refractivity contribution in [1.29, 1.82) is 0 Å². The monoisotopic (exact) mass is 357 g/mol. The summed E-state index contributed by atoms with van der Waals surface area (Å²) in [4.78, 5) is 12.7. The Balaban J connectivity index is 1.52. The second-order valence-corrected chi connectivity index (χ2v) is 6.25. The van der Waals surface area contributed by atoms with Gasteiger partial charge in [0.2, 0.25) is 0 Å². The molecule has 0 bridgehead atoms. The molecule has 0 aliphatic carbocycles. The number of nitrogens with zero attached hydrogens (tertiary/aromatic N) is 3. The molecular formula is C21H19N5O. The van der Waals surface area contributed by atoms with Gasteiger partial charge < -0.3 is 5.32 Å². The first kappa shape index (κ1) is 16.8. The standard InChI is InChI=1S/C21H19N5O/c1-15(18-5-2-3-6-20(18)26-14-4-12-23-26)24-21(27)17-9-7-16(8-10-17)19-11-13-22-25-19/h2-15H,1H3,(H,22,25)(H,24,27). The van der Waals surface area contributed by atoms with Gasteiger partial charge in [-0.1, -0.05) is 30.3 Å². The van der Waals surface area contributed by atoms with E-state index in [1.54, 1.807) is 17.1 Å². The number of aromatic amines is 1. The van der Waals surface area contributed by atoms with Gasteiger partial charge in [0.25, 0.3) is 5.91 Å². The Labute approximate surface area is 156 Å². The highest BCUT2D eigenvalue weighted by atomic mass is 16.1. The first-order valence-corrected chi connectivity index (χ1v) is 8.72. The van der Waals surface area contributed by atoms with E-state index in [0.29, 0.717) is 5.56 Å². The maximum atomic E-state index is 12.7. The number of para-hydroxylation sites is 1. The number of hydrogen-bond donors (Lipinski definition) is 2. The van der Waals surface area contributed by atoms with Crippen molar-refractivity contribution < 1.29 is 4.79 Å². The van der Waals surface area contributed by atoms with Crippen molar-refractivity contribution in [2.24, 2.45) is 0 Å². The lowest BCUT2D eigenvalue weighted by molar-refractivity contribution is 0.0940. The molecule has 6 heteroatoms. The van der Waals surface area contributed by atoms with E-state index in [9.17, 15) is 4.79 Å². The van der Waals surface area contributed by atoms with E-state index in [1.807, 2.05) is 73.8 Å². The number of nitrogens with one attached hydrogen (secondary N) is 2. The van der Waals surface area contributed by atoms with E-state index in [4.69, 9.17) is 0 Å². The summed E-state index contributed by atoms with van der Waals surface area (Å²) >= 11 is 0. The van der Waals surface area contributed by atoms with Gasteiger partial charge in [0, 0.05) is 24.2 Å². The number of hydrogen-bond acceptors (Lipinski definition) is 3. The maximum Gasteiger partial charge on any atom is 0.251 e. The average molecular weight is 357 g/mol. The zero-order valence-electron chi connectivity index (χ0n) is 14.8. The number of carbonyl (C=O) groups excluding carboxylic acids is 1. The molecule has 0 saturated carbocycles. The Bertz CT molecular complexity index is 1020. The van der Waals surface area contributed by atoms with Gasteiger partial charge in [-0.15, -0.1) is 0 Å². The number of benzene rings is 2. The lowest BCUT2D eigenvalue weighted by Crippen LogP contribution is -2.27. The van der Waals surface area contributed by atoms with Gasteiger partial charge in [-0.05, 0) is 48.4 Å². The number of rotatable bonds is 5. The van der Waals surface area contributed by atoms with Crippen LogP contribution in [0, 0.1) is 0 Å². The van der Waals surface area contributed by atoms with Crippen LogP contribution in [0.1, 0.15) is 28.9 Å². The molecule has 2 aromatic carbocycles. The van der Waals surface area contributed by atoms with E-state index in [2.05, 4.69) is 20.6 Å². The Hall–Kier alpha value is -3.67. The summed E-state index contributed by atoms with van der Waals surface area (Å²) in [6.45, 7) is 1.97. The first-order valence-electron chi connectivity index (χ1n) is 8.72. The minimum Gasteiger partial charge on any atom is -0.345 e. The molecule has 0 radical (unpaired) electrons. The van der Waals surface area contributed by atoms with Crippen LogP contribution >= 0.6 is 0 Å². The van der Waals surface area contributed by atoms with Gasteiger partial charge >= 0.3 is 0 Å². The molecule has 2 N–H and O–H groups in total. The van der Waals surface area contributed by atoms with E-state index in [0.717, 1.165) is 22.5 Å². The van der Waals surface area contributed by atoms with Crippen molar-refractivity contribution in [3.8, 4) is 16.9 Å². The van der Waals surface area contributed by atoms with E-state index >= 15 is 0 Å². The summed E-state index contributed by atoms with van der Waals surface area (Å²) in [6, 6.07) is 19.0. The largest absolute Gasteiger partial charge is 0.345 e. The minimum atomic E-state index is -0.162. The molecule has 4 aromatic rings. The predicted molar refractivity (Wildman–Crippen MR) is 103 cm³/mol. The third-order valence-corrected chi connectivity index (χ3v) is 4.46. The first-order chi connectivity index (χ1) is 13.2. The van der Waals surface area contributed by atoms with Crippen LogP contribution in [0.4, 0.5) is 0 Å². The Morgan fingerprint density at radius 2 is 1.85 bits per heavy atom. The average Bonchev–Trinajstić information content (AvgIpc) is 3.42. The van der Waals surface area contributed by atoms with Crippen LogP contribution < -0.4 is 5.32 Å². The molecular weight excluding hydrogens is 338 g/mol. The normalized spacial score (nSPS) is 11.9. The molecule has 6 nitrogen and oxygen atoms in total. The maximum absolute atomic E-state index is 12.7. The highest BCUT2D eigenvalue weighted by Crippen LogP contribution is 2.22. The van der Waals surface area contributed by atoms with Gasteiger partial charge in [-0.25, -0.2) is 4.68 Å². The molecule has 0 aliphatic rings. The molecule has 2 heterocycles. The van der Waals surface area contributed by atoms with Gasteiger partial charge in [-0.2, -0.15) is 10.2 Å². The lowest BCUT2D eigenvalue weighted by atomic mass is 10.0. The quantitative estimate of drug-likeness (QED) is 0.571. The molecule has 2 aromatic heterocycles. The smallest absolute Gasteiger partial charge is 0.251 e. The van der Waals surface area contributed by atoms with Gasteiger partial charge in [0.1, 0.15) is 0 Å². The molecule has 0 saturated heterocycles. The van der Waals surface area contributed by atoms with Crippen molar-refractivity contribution in [3.63, 3.8) is 0 Å². The third kappa shape index (κ3) is 3.50. The highest BCUT2D eigenvalue weighted by molar-refractivity contribution is 5.94. The second-order valence-electron chi connectivity index (χ2n) is 6.25. The second kappa shape index (κ2) is 7.29. The number of aromatic nitrogens is 4. The van der Waals surface area contributed by atoms with Gasteiger partial charge in [0.05, 0.1) is 17.4 Å². The van der Waals surface area contributed by atoms with Gasteiger partial charge in [0.15, 0.2) is 0 Å². The van der Waals surface area contributed by atoms with E-state index in [1.165, 1.54) is 0 Å². The van der Waals surface area contributed by atoms with Gasteiger partial charge in [-0.3, -0.25) is 9.89 Å². The fourth-order valence-corrected chi connectivity index (χ4v) is 3.05. The molecule has 1 unspecified atom stereocenters. The molecule has 0 aliphatic heterocycles. The Morgan fingerprint density at radius 1 is 1.04 bits per heavy atom. The number of amides is 1. The molecule has 4 rings (SSSR count). The van der Waals surface area contributed by atoms with Crippen molar-refractivity contribution in [2.45, 2.75) is 13.0 Å². The van der Waals surface area contributed by atoms with Crippen LogP contribution in [0.2, 0.25) is 0 Å². The lowest BCUT2D eigenvalue weighted by Gasteiger charge is -2.18. The summed E-state index contributed by atoms with van der Waals surface area (Å²) in [6.07, 6.45) is 5.33. The zero-order chi connectivity index (χ0) is 18.6. The fourth-order valence-electron chi connectivity index (χ4n) is 3.05. The Morgan fingerprint density at radius 3 is 2.56 bits per heavy atom. The van der Waals surface area contributed by atoms with Crippen LogP contribution in [0.3, 0.4) is 0 Å². The highest BCUT2D eigenvalue weighted by Gasteiger charge is 2.15. The summed E-state index contributed by atoms with van der Waals surface area (Å²) in [7, 11) is 0. The van der Waals surface area contributed by atoms with Crippen molar-refractivity contribution >= 4 is 5.91 Å². The SMILES string of the molecule is CC(NC(=O)c1ccc(-c2ccn[nH]2)cc1)c1ccccc1-n1cccn1. The summed E-state index contributed by atoms with van der Waals surface area (Å²) in [5, 5.41) is 14.2. The topological polar surface area (TPSA) is 75.6 Å². The molecule has 0 fully saturated rings.